The van der Waals surface area contributed by atoms with Crippen LogP contribution in [0.1, 0.15) is 0 Å². The number of nitrogens with zero attached hydrogens (tertiary/aromatic N) is 3. The summed E-state index contributed by atoms with van der Waals surface area (Å²) < 4.78 is 7.41. The van der Waals surface area contributed by atoms with Gasteiger partial charge in [0.25, 0.3) is 0 Å². The number of rotatable bonds is 3. The molecule has 10 rings (SSSR count). The normalized spacial score (nSPS) is 12.0. The van der Waals surface area contributed by atoms with Crippen LogP contribution in [0.15, 0.2) is 140 Å². The fourth-order valence-electron chi connectivity index (χ4n) is 6.87. The first kappa shape index (κ1) is 25.0. The van der Waals surface area contributed by atoms with Gasteiger partial charge < -0.3 is 0 Å². The second-order valence-corrected chi connectivity index (χ2v) is 13.5. The highest BCUT2D eigenvalue weighted by molar-refractivity contribution is 7.27. The van der Waals surface area contributed by atoms with Gasteiger partial charge in [-0.2, -0.15) is 0 Å². The van der Waals surface area contributed by atoms with Crippen LogP contribution in [-0.4, -0.2) is 14.5 Å². The Morgan fingerprint density at radius 1 is 0.444 bits per heavy atom. The molecule has 4 heterocycles. The van der Waals surface area contributed by atoms with Crippen molar-refractivity contribution in [2.45, 2.75) is 0 Å². The number of hydrogen-bond donors (Lipinski definition) is 0. The van der Waals surface area contributed by atoms with Gasteiger partial charge >= 0.3 is 0 Å². The lowest BCUT2D eigenvalue weighted by Crippen LogP contribution is -2.04. The van der Waals surface area contributed by atoms with Gasteiger partial charge in [-0.1, -0.05) is 103 Å². The first-order chi connectivity index (χ1) is 22.3. The molecule has 10 aromatic rings. The summed E-state index contributed by atoms with van der Waals surface area (Å²) in [6, 6.07) is 49.7. The monoisotopic (exact) mass is 609 g/mol. The number of fused-ring (bicyclic) bond motifs is 10. The van der Waals surface area contributed by atoms with E-state index in [1.165, 1.54) is 51.1 Å². The smallest absolute Gasteiger partial charge is 0.235 e. The van der Waals surface area contributed by atoms with Crippen LogP contribution in [0.25, 0.3) is 90.6 Å². The average molecular weight is 610 g/mol. The molecule has 4 aromatic heterocycles. The summed E-state index contributed by atoms with van der Waals surface area (Å²) in [5.41, 5.74) is 6.23. The van der Waals surface area contributed by atoms with Crippen molar-refractivity contribution in [3.8, 4) is 28.5 Å². The van der Waals surface area contributed by atoms with Crippen LogP contribution in [0.4, 0.5) is 0 Å². The topological polar surface area (TPSA) is 30.7 Å². The van der Waals surface area contributed by atoms with Crippen LogP contribution in [0.3, 0.4) is 0 Å². The second-order valence-electron chi connectivity index (χ2n) is 11.4. The lowest BCUT2D eigenvalue weighted by atomic mass is 10.0. The predicted octanol–water partition coefficient (Wildman–Crippen LogP) is 11.6. The third-order valence-corrected chi connectivity index (χ3v) is 11.2. The maximum Gasteiger partial charge on any atom is 0.235 e. The van der Waals surface area contributed by atoms with E-state index in [0.29, 0.717) is 5.95 Å². The van der Waals surface area contributed by atoms with E-state index >= 15 is 0 Å². The standard InChI is InChI=1S/C40H23N3S2/c1-2-11-24(12-3-1)30-23-31(27-16-10-20-36-37(27)29-15-6-9-19-35(29)44-36)42-40(41-30)43-32-17-7-4-14-28(32)38-33(43)22-21-26-25-13-5-8-18-34(25)45-39(26)38/h1-23H. The van der Waals surface area contributed by atoms with Crippen molar-refractivity contribution in [2.75, 3.05) is 0 Å². The van der Waals surface area contributed by atoms with Gasteiger partial charge in [0.15, 0.2) is 0 Å². The van der Waals surface area contributed by atoms with E-state index in [-0.39, 0.29) is 0 Å². The van der Waals surface area contributed by atoms with Crippen LogP contribution >= 0.6 is 22.7 Å². The van der Waals surface area contributed by atoms with E-state index in [4.69, 9.17) is 9.97 Å². The van der Waals surface area contributed by atoms with E-state index < -0.39 is 0 Å². The second kappa shape index (κ2) is 9.57. The van der Waals surface area contributed by atoms with Crippen molar-refractivity contribution >= 4 is 84.8 Å². The van der Waals surface area contributed by atoms with Gasteiger partial charge in [0, 0.05) is 62.2 Å². The Bertz CT molecular complexity index is 2770. The number of thiophene rings is 2. The zero-order chi connectivity index (χ0) is 29.5. The molecule has 6 aromatic carbocycles. The summed E-state index contributed by atoms with van der Waals surface area (Å²) in [6.07, 6.45) is 0. The highest BCUT2D eigenvalue weighted by Crippen LogP contribution is 2.44. The molecule has 0 aliphatic rings. The van der Waals surface area contributed by atoms with E-state index in [0.717, 1.165) is 33.5 Å². The van der Waals surface area contributed by atoms with Crippen LogP contribution in [0.2, 0.25) is 0 Å². The van der Waals surface area contributed by atoms with Crippen molar-refractivity contribution in [1.82, 2.24) is 14.5 Å². The molecule has 0 amide bonds. The first-order valence-corrected chi connectivity index (χ1v) is 16.6. The van der Waals surface area contributed by atoms with Crippen molar-refractivity contribution in [3.63, 3.8) is 0 Å². The highest BCUT2D eigenvalue weighted by Gasteiger charge is 2.21. The molecule has 0 aliphatic carbocycles. The van der Waals surface area contributed by atoms with Crippen LogP contribution in [0.5, 0.6) is 0 Å². The Balaban J connectivity index is 1.32. The molecule has 0 atom stereocenters. The van der Waals surface area contributed by atoms with E-state index in [2.05, 4.69) is 138 Å². The molecule has 3 nitrogen and oxygen atoms in total. The number of benzene rings is 6. The molecule has 0 unspecified atom stereocenters. The Kier molecular flexibility index (Phi) is 5.32. The maximum absolute atomic E-state index is 5.39. The summed E-state index contributed by atoms with van der Waals surface area (Å²) in [5.74, 6) is 0.676. The zero-order valence-electron chi connectivity index (χ0n) is 23.9. The van der Waals surface area contributed by atoms with Crippen molar-refractivity contribution < 1.29 is 0 Å². The Morgan fingerprint density at radius 3 is 2.00 bits per heavy atom. The molecule has 0 N–H and O–H groups in total. The summed E-state index contributed by atoms with van der Waals surface area (Å²) in [7, 11) is 0. The Labute approximate surface area is 266 Å². The summed E-state index contributed by atoms with van der Waals surface area (Å²) in [6.45, 7) is 0. The van der Waals surface area contributed by atoms with Crippen molar-refractivity contribution in [2.24, 2.45) is 0 Å². The minimum atomic E-state index is 0.676. The molecule has 5 heteroatoms. The van der Waals surface area contributed by atoms with Gasteiger partial charge in [-0.25, -0.2) is 9.97 Å². The SMILES string of the molecule is c1ccc(-c2cc(-c3cccc4sc5ccccc5c34)nc(-n3c4ccccc4c4c5sc6ccccc6c5ccc43)n2)cc1. The molecular weight excluding hydrogens is 587 g/mol. The summed E-state index contributed by atoms with van der Waals surface area (Å²) in [4.78, 5) is 10.7. The Hall–Kier alpha value is -5.36. The number of aromatic nitrogens is 3. The van der Waals surface area contributed by atoms with Crippen LogP contribution in [-0.2, 0) is 0 Å². The molecule has 0 bridgehead atoms. The molecule has 0 radical (unpaired) electrons. The molecule has 0 saturated carbocycles. The van der Waals surface area contributed by atoms with Crippen LogP contribution < -0.4 is 0 Å². The van der Waals surface area contributed by atoms with Crippen LogP contribution in [0, 0.1) is 0 Å². The van der Waals surface area contributed by atoms with Gasteiger partial charge in [-0.05, 0) is 36.4 Å². The fraction of sp³-hybridized carbons (Fsp3) is 0. The third kappa shape index (κ3) is 3.69. The lowest BCUT2D eigenvalue weighted by molar-refractivity contribution is 0.996. The molecule has 0 saturated heterocycles. The average Bonchev–Trinajstić information content (AvgIpc) is 3.78. The third-order valence-electron chi connectivity index (χ3n) is 8.84. The van der Waals surface area contributed by atoms with Gasteiger partial charge in [-0.3, -0.25) is 4.57 Å². The number of hydrogen-bond acceptors (Lipinski definition) is 4. The predicted molar refractivity (Wildman–Crippen MR) is 193 cm³/mol. The lowest BCUT2D eigenvalue weighted by Gasteiger charge is -2.12. The quantitative estimate of drug-likeness (QED) is 0.199. The highest BCUT2D eigenvalue weighted by atomic mass is 32.1. The molecule has 0 aliphatic heterocycles. The van der Waals surface area contributed by atoms with E-state index in [1.807, 2.05) is 28.7 Å². The molecule has 0 spiro atoms. The van der Waals surface area contributed by atoms with E-state index in [9.17, 15) is 0 Å². The van der Waals surface area contributed by atoms with Crippen molar-refractivity contribution in [3.05, 3.63) is 140 Å². The van der Waals surface area contributed by atoms with Crippen molar-refractivity contribution in [1.29, 1.82) is 0 Å². The minimum absolute atomic E-state index is 0.676. The van der Waals surface area contributed by atoms with Gasteiger partial charge in [0.2, 0.25) is 5.95 Å². The van der Waals surface area contributed by atoms with Gasteiger partial charge in [-0.15, -0.1) is 22.7 Å². The largest absolute Gasteiger partial charge is 0.278 e. The number of para-hydroxylation sites is 1. The fourth-order valence-corrected chi connectivity index (χ4v) is 9.26. The molecule has 45 heavy (non-hydrogen) atoms. The Morgan fingerprint density at radius 2 is 1.13 bits per heavy atom. The minimum Gasteiger partial charge on any atom is -0.278 e. The summed E-state index contributed by atoms with van der Waals surface area (Å²) >= 11 is 3.70. The van der Waals surface area contributed by atoms with E-state index in [1.54, 1.807) is 0 Å². The summed E-state index contributed by atoms with van der Waals surface area (Å²) in [5, 5.41) is 7.57. The first-order valence-electron chi connectivity index (χ1n) is 15.0. The molecular formula is C40H23N3S2. The maximum atomic E-state index is 5.39. The molecule has 210 valence electrons. The van der Waals surface area contributed by atoms with Gasteiger partial charge in [0.05, 0.1) is 22.4 Å². The zero-order valence-corrected chi connectivity index (χ0v) is 25.6. The molecule has 0 fully saturated rings. The van der Waals surface area contributed by atoms with Gasteiger partial charge in [0.1, 0.15) is 0 Å².